The summed E-state index contributed by atoms with van der Waals surface area (Å²) in [6.07, 6.45) is 0. The van der Waals surface area contributed by atoms with Gasteiger partial charge in [-0.25, -0.2) is 0 Å². The van der Waals surface area contributed by atoms with Crippen LogP contribution in [0.25, 0.3) is 0 Å². The van der Waals surface area contributed by atoms with Crippen LogP contribution in [-0.4, -0.2) is 26.7 Å². The highest BCUT2D eigenvalue weighted by molar-refractivity contribution is 5.93. The van der Waals surface area contributed by atoms with Gasteiger partial charge < -0.3 is 20.1 Å². The average Bonchev–Trinajstić information content (AvgIpc) is 2.60. The number of ether oxygens (including phenoxy) is 2. The highest BCUT2D eigenvalue weighted by Crippen LogP contribution is 2.28. The number of carbonyl (C=O) groups excluding carboxylic acids is 1. The van der Waals surface area contributed by atoms with Crippen molar-refractivity contribution in [2.45, 2.75) is 13.0 Å². The molecule has 0 radical (unpaired) electrons. The molecule has 122 valence electrons. The van der Waals surface area contributed by atoms with Crippen LogP contribution in [-0.2, 0) is 4.79 Å². The van der Waals surface area contributed by atoms with Crippen LogP contribution in [0.15, 0.2) is 48.5 Å². The topological polar surface area (TPSA) is 64.2 Å². The van der Waals surface area contributed by atoms with Crippen molar-refractivity contribution in [3.05, 3.63) is 54.1 Å². The van der Waals surface area contributed by atoms with Gasteiger partial charge >= 0.3 is 0 Å². The number of nitrogens with two attached hydrogens (primary N) is 1. The number of hydrogen-bond acceptors (Lipinski definition) is 3. The molecule has 1 atom stereocenters. The van der Waals surface area contributed by atoms with E-state index in [-0.39, 0.29) is 11.9 Å². The van der Waals surface area contributed by atoms with E-state index >= 15 is 0 Å². The van der Waals surface area contributed by atoms with Crippen LogP contribution in [0.2, 0.25) is 0 Å². The van der Waals surface area contributed by atoms with Gasteiger partial charge in [-0.2, -0.15) is 0 Å². The molecule has 2 aromatic carbocycles. The minimum absolute atomic E-state index is 0.0839. The maximum atomic E-state index is 12.2. The van der Waals surface area contributed by atoms with E-state index in [0.29, 0.717) is 23.7 Å². The van der Waals surface area contributed by atoms with Gasteiger partial charge in [-0.15, -0.1) is 0 Å². The molecule has 23 heavy (non-hydrogen) atoms. The molecule has 2 rings (SSSR count). The Morgan fingerprint density at radius 2 is 1.87 bits per heavy atom. The quantitative estimate of drug-likeness (QED) is 0.821. The van der Waals surface area contributed by atoms with Crippen LogP contribution in [0.4, 0.5) is 5.69 Å². The second-order valence-electron chi connectivity index (χ2n) is 5.25. The molecule has 0 saturated heterocycles. The van der Waals surface area contributed by atoms with E-state index in [2.05, 4.69) is 24.4 Å². The summed E-state index contributed by atoms with van der Waals surface area (Å²) in [7, 11) is 3.16. The molecule has 5 heteroatoms. The van der Waals surface area contributed by atoms with E-state index in [1.807, 2.05) is 23.5 Å². The van der Waals surface area contributed by atoms with E-state index < -0.39 is 0 Å². The van der Waals surface area contributed by atoms with Crippen LogP contribution in [0.5, 0.6) is 11.5 Å². The van der Waals surface area contributed by atoms with Crippen molar-refractivity contribution in [2.75, 3.05) is 26.1 Å². The monoisotopic (exact) mass is 315 g/mol. The summed E-state index contributed by atoms with van der Waals surface area (Å²) in [5.41, 5.74) is 1.80. The summed E-state index contributed by atoms with van der Waals surface area (Å²) < 4.78 is 10.4. The van der Waals surface area contributed by atoms with Crippen LogP contribution in [0.1, 0.15) is 18.5 Å². The number of hydrogen-bond donors (Lipinski definition) is 2. The van der Waals surface area contributed by atoms with E-state index in [0.717, 1.165) is 0 Å². The van der Waals surface area contributed by atoms with Crippen LogP contribution in [0.3, 0.4) is 0 Å². The van der Waals surface area contributed by atoms with E-state index in [1.165, 1.54) is 5.56 Å². The Kier molecular flexibility index (Phi) is 6.00. The third-order valence-corrected chi connectivity index (χ3v) is 3.66. The molecular weight excluding hydrogens is 292 g/mol. The largest absolute Gasteiger partial charge is 0.497 e. The second-order valence-corrected chi connectivity index (χ2v) is 5.25. The summed E-state index contributed by atoms with van der Waals surface area (Å²) in [6.45, 7) is 2.41. The maximum absolute atomic E-state index is 12.2. The predicted molar refractivity (Wildman–Crippen MR) is 89.8 cm³/mol. The molecule has 0 bridgehead atoms. The number of quaternary nitrogens is 1. The number of rotatable bonds is 7. The lowest BCUT2D eigenvalue weighted by molar-refractivity contribution is -0.682. The molecular formula is C18H23N2O3+. The number of benzene rings is 2. The van der Waals surface area contributed by atoms with Gasteiger partial charge in [0.05, 0.1) is 19.9 Å². The van der Waals surface area contributed by atoms with Gasteiger partial charge in [-0.1, -0.05) is 30.3 Å². The second kappa shape index (κ2) is 8.19. The van der Waals surface area contributed by atoms with E-state index in [4.69, 9.17) is 9.47 Å². The predicted octanol–water partition coefficient (Wildman–Crippen LogP) is 1.97. The Bertz CT molecular complexity index is 644. The van der Waals surface area contributed by atoms with Crippen molar-refractivity contribution < 1.29 is 19.6 Å². The minimum atomic E-state index is -0.0839. The average molecular weight is 315 g/mol. The Morgan fingerprint density at radius 1 is 1.13 bits per heavy atom. The summed E-state index contributed by atoms with van der Waals surface area (Å²) >= 11 is 0. The number of nitrogens with one attached hydrogen (secondary N) is 1. The van der Waals surface area contributed by atoms with Gasteiger partial charge in [-0.3, -0.25) is 4.79 Å². The van der Waals surface area contributed by atoms with Gasteiger partial charge in [0.2, 0.25) is 0 Å². The van der Waals surface area contributed by atoms with Gasteiger partial charge in [0, 0.05) is 11.6 Å². The Hall–Kier alpha value is -2.53. The lowest BCUT2D eigenvalue weighted by atomic mass is 10.1. The van der Waals surface area contributed by atoms with Crippen molar-refractivity contribution in [3.8, 4) is 11.5 Å². The highest BCUT2D eigenvalue weighted by atomic mass is 16.5. The molecule has 0 unspecified atom stereocenters. The summed E-state index contributed by atoms with van der Waals surface area (Å²) in [6, 6.07) is 15.6. The molecule has 0 aromatic heterocycles. The first-order valence-corrected chi connectivity index (χ1v) is 7.54. The zero-order valence-corrected chi connectivity index (χ0v) is 13.7. The van der Waals surface area contributed by atoms with Gasteiger partial charge in [0.25, 0.3) is 5.91 Å². The summed E-state index contributed by atoms with van der Waals surface area (Å²) in [4.78, 5) is 12.2. The molecule has 3 N–H and O–H groups in total. The van der Waals surface area contributed by atoms with Gasteiger partial charge in [-0.05, 0) is 19.1 Å². The molecule has 0 fully saturated rings. The number of carbonyl (C=O) groups is 1. The molecule has 0 aliphatic carbocycles. The highest BCUT2D eigenvalue weighted by Gasteiger charge is 2.13. The first-order valence-electron chi connectivity index (χ1n) is 7.54. The fourth-order valence-corrected chi connectivity index (χ4v) is 2.29. The van der Waals surface area contributed by atoms with Crippen LogP contribution < -0.4 is 20.1 Å². The standard InChI is InChI=1S/C18H22N2O3/c1-13(14-7-5-4-6-8-14)19-12-18(21)20-16-11-15(22-2)9-10-17(16)23-3/h4-11,13,19H,12H2,1-3H3,(H,20,21)/p+1/t13-/m0/s1. The zero-order chi connectivity index (χ0) is 16.7. The molecule has 2 aromatic rings. The van der Waals surface area contributed by atoms with Gasteiger partial charge in [0.15, 0.2) is 6.54 Å². The van der Waals surface area contributed by atoms with Gasteiger partial charge in [0.1, 0.15) is 17.5 Å². The Morgan fingerprint density at radius 3 is 2.52 bits per heavy atom. The maximum Gasteiger partial charge on any atom is 0.279 e. The fourth-order valence-electron chi connectivity index (χ4n) is 2.29. The number of amides is 1. The molecule has 0 spiro atoms. The van der Waals surface area contributed by atoms with Crippen molar-refractivity contribution in [1.29, 1.82) is 0 Å². The molecule has 0 saturated carbocycles. The smallest absolute Gasteiger partial charge is 0.279 e. The Balaban J connectivity index is 1.94. The normalized spacial score (nSPS) is 11.6. The summed E-state index contributed by atoms with van der Waals surface area (Å²) in [5, 5.41) is 4.87. The fraction of sp³-hybridized carbons (Fsp3) is 0.278. The SMILES string of the molecule is COc1ccc(OC)c(NC(=O)C[NH2+][C@@H](C)c2ccccc2)c1. The van der Waals surface area contributed by atoms with Crippen molar-refractivity contribution >= 4 is 11.6 Å². The summed E-state index contributed by atoms with van der Waals surface area (Å²) in [5.74, 6) is 1.19. The van der Waals surface area contributed by atoms with E-state index in [9.17, 15) is 4.79 Å². The number of methoxy groups -OCH3 is 2. The van der Waals surface area contributed by atoms with Crippen molar-refractivity contribution in [1.82, 2.24) is 0 Å². The van der Waals surface area contributed by atoms with Crippen LogP contribution >= 0.6 is 0 Å². The van der Waals surface area contributed by atoms with Crippen molar-refractivity contribution in [2.24, 2.45) is 0 Å². The molecule has 1 amide bonds. The first kappa shape index (κ1) is 16.8. The Labute approximate surface area is 136 Å². The minimum Gasteiger partial charge on any atom is -0.497 e. The lowest BCUT2D eigenvalue weighted by Gasteiger charge is -2.13. The van der Waals surface area contributed by atoms with Crippen molar-refractivity contribution in [3.63, 3.8) is 0 Å². The molecule has 0 aliphatic heterocycles. The first-order chi connectivity index (χ1) is 11.1. The van der Waals surface area contributed by atoms with Crippen LogP contribution in [0, 0.1) is 0 Å². The molecule has 0 aliphatic rings. The van der Waals surface area contributed by atoms with E-state index in [1.54, 1.807) is 32.4 Å². The molecule has 5 nitrogen and oxygen atoms in total. The third-order valence-electron chi connectivity index (χ3n) is 3.66. The molecule has 0 heterocycles. The number of anilines is 1. The lowest BCUT2D eigenvalue weighted by Crippen LogP contribution is -2.86. The third kappa shape index (κ3) is 4.72. The zero-order valence-electron chi connectivity index (χ0n) is 13.7.